The third kappa shape index (κ3) is 4.46. The van der Waals surface area contributed by atoms with Gasteiger partial charge in [0.15, 0.2) is 0 Å². The zero-order valence-electron chi connectivity index (χ0n) is 12.8. The molecule has 0 radical (unpaired) electrons. The molecule has 25 heavy (non-hydrogen) atoms. The minimum absolute atomic E-state index is 0.00293. The van der Waals surface area contributed by atoms with Gasteiger partial charge in [-0.1, -0.05) is 29.4 Å². The van der Waals surface area contributed by atoms with Crippen LogP contribution in [0.25, 0.3) is 5.69 Å². The fourth-order valence-electron chi connectivity index (χ4n) is 1.99. The van der Waals surface area contributed by atoms with Crippen molar-refractivity contribution < 1.29 is 9.66 Å². The molecule has 8 nitrogen and oxygen atoms in total. The molecule has 10 heteroatoms. The van der Waals surface area contributed by atoms with E-state index in [-0.39, 0.29) is 5.69 Å². The van der Waals surface area contributed by atoms with Crippen LogP contribution < -0.4 is 4.74 Å². The summed E-state index contributed by atoms with van der Waals surface area (Å²) < 4.78 is 7.14. The molecule has 0 aliphatic rings. The summed E-state index contributed by atoms with van der Waals surface area (Å²) in [5, 5.41) is 23.6. The summed E-state index contributed by atoms with van der Waals surface area (Å²) in [6, 6.07) is 13.2. The maximum absolute atomic E-state index is 10.7. The predicted octanol–water partition coefficient (Wildman–Crippen LogP) is 3.40. The van der Waals surface area contributed by atoms with E-state index >= 15 is 0 Å². The first-order valence-corrected chi connectivity index (χ1v) is 8.54. The highest BCUT2D eigenvalue weighted by molar-refractivity contribution is 7.99. The molecule has 0 spiro atoms. The Labute approximate surface area is 151 Å². The minimum atomic E-state index is -0.456. The van der Waals surface area contributed by atoms with Crippen molar-refractivity contribution in [3.8, 4) is 11.4 Å². The largest absolute Gasteiger partial charge is 0.492 e. The highest BCUT2D eigenvalue weighted by Crippen LogP contribution is 2.21. The van der Waals surface area contributed by atoms with Crippen molar-refractivity contribution in [3.05, 3.63) is 63.7 Å². The Morgan fingerprint density at radius 1 is 1.24 bits per heavy atom. The molecule has 128 valence electrons. The number of tetrazole rings is 1. The van der Waals surface area contributed by atoms with E-state index < -0.39 is 4.92 Å². The lowest BCUT2D eigenvalue weighted by molar-refractivity contribution is -0.384. The number of nitrogens with zero attached hydrogens (tertiary/aromatic N) is 5. The van der Waals surface area contributed by atoms with Gasteiger partial charge in [-0.15, -0.1) is 5.10 Å². The van der Waals surface area contributed by atoms with Gasteiger partial charge < -0.3 is 4.74 Å². The molecule has 1 heterocycles. The number of hydrogen-bond acceptors (Lipinski definition) is 7. The van der Waals surface area contributed by atoms with Gasteiger partial charge in [-0.2, -0.15) is 4.68 Å². The van der Waals surface area contributed by atoms with Crippen molar-refractivity contribution in [2.45, 2.75) is 5.16 Å². The Balaban J connectivity index is 1.57. The molecule has 3 aromatic rings. The normalized spacial score (nSPS) is 10.6. The average molecular weight is 378 g/mol. The molecule has 0 aliphatic heterocycles. The van der Waals surface area contributed by atoms with Gasteiger partial charge >= 0.3 is 0 Å². The van der Waals surface area contributed by atoms with Gasteiger partial charge in [0.2, 0.25) is 5.16 Å². The molecule has 0 saturated carbocycles. The number of rotatable bonds is 7. The van der Waals surface area contributed by atoms with Crippen molar-refractivity contribution in [1.29, 1.82) is 0 Å². The van der Waals surface area contributed by atoms with Crippen LogP contribution in [-0.2, 0) is 0 Å². The Hall–Kier alpha value is -2.65. The Morgan fingerprint density at radius 3 is 2.80 bits per heavy atom. The zero-order chi connectivity index (χ0) is 17.6. The quantitative estimate of drug-likeness (QED) is 0.269. The molecule has 0 N–H and O–H groups in total. The van der Waals surface area contributed by atoms with Crippen LogP contribution in [0.1, 0.15) is 0 Å². The fraction of sp³-hybridized carbons (Fsp3) is 0.133. The van der Waals surface area contributed by atoms with Crippen molar-refractivity contribution in [3.63, 3.8) is 0 Å². The van der Waals surface area contributed by atoms with Crippen LogP contribution in [-0.4, -0.2) is 37.5 Å². The average Bonchev–Trinajstić information content (AvgIpc) is 3.08. The number of ether oxygens (including phenoxy) is 1. The van der Waals surface area contributed by atoms with Crippen molar-refractivity contribution in [2.75, 3.05) is 12.4 Å². The van der Waals surface area contributed by atoms with Crippen LogP contribution >= 0.6 is 23.4 Å². The SMILES string of the molecule is O=[N+]([O-])c1cccc(OCCSc2nnnn2-c2ccc(Cl)cc2)c1. The minimum Gasteiger partial charge on any atom is -0.492 e. The standard InChI is InChI=1S/C15H12ClN5O3S/c16-11-4-6-12(7-5-11)20-15(17-18-19-20)25-9-8-24-14-3-1-2-13(10-14)21(22)23/h1-7,10H,8-9H2. The zero-order valence-corrected chi connectivity index (χ0v) is 14.4. The van der Waals surface area contributed by atoms with Crippen LogP contribution in [0, 0.1) is 10.1 Å². The summed E-state index contributed by atoms with van der Waals surface area (Å²) >= 11 is 7.30. The second-order valence-corrected chi connectivity index (χ2v) is 6.30. The number of hydrogen-bond donors (Lipinski definition) is 0. The van der Waals surface area contributed by atoms with E-state index in [2.05, 4.69) is 15.5 Å². The molecule has 0 unspecified atom stereocenters. The van der Waals surface area contributed by atoms with Gasteiger partial charge in [0, 0.05) is 16.8 Å². The van der Waals surface area contributed by atoms with E-state index in [1.165, 1.54) is 23.9 Å². The van der Waals surface area contributed by atoms with E-state index in [0.29, 0.717) is 28.3 Å². The molecule has 0 saturated heterocycles. The molecular formula is C15H12ClN5O3S. The predicted molar refractivity (Wildman–Crippen MR) is 93.5 cm³/mol. The van der Waals surface area contributed by atoms with E-state index in [1.54, 1.807) is 28.9 Å². The van der Waals surface area contributed by atoms with Gasteiger partial charge in [0.25, 0.3) is 5.69 Å². The second kappa shape index (κ2) is 7.95. The van der Waals surface area contributed by atoms with Crippen molar-refractivity contribution in [2.24, 2.45) is 0 Å². The maximum atomic E-state index is 10.7. The lowest BCUT2D eigenvalue weighted by Gasteiger charge is -2.06. The first-order valence-electron chi connectivity index (χ1n) is 7.18. The topological polar surface area (TPSA) is 96.0 Å². The van der Waals surface area contributed by atoms with Gasteiger partial charge in [-0.3, -0.25) is 10.1 Å². The summed E-state index contributed by atoms with van der Waals surface area (Å²) in [5.74, 6) is 1.03. The highest BCUT2D eigenvalue weighted by atomic mass is 35.5. The molecule has 1 aromatic heterocycles. The maximum Gasteiger partial charge on any atom is 0.273 e. The van der Waals surface area contributed by atoms with Crippen LogP contribution in [0.4, 0.5) is 5.69 Å². The van der Waals surface area contributed by atoms with Crippen LogP contribution in [0.5, 0.6) is 5.75 Å². The van der Waals surface area contributed by atoms with Crippen LogP contribution in [0.3, 0.4) is 0 Å². The molecule has 0 fully saturated rings. The molecule has 2 aromatic carbocycles. The molecular weight excluding hydrogens is 366 g/mol. The van der Waals surface area contributed by atoms with Gasteiger partial charge in [-0.05, 0) is 40.8 Å². The van der Waals surface area contributed by atoms with E-state index in [0.717, 1.165) is 5.69 Å². The molecule has 0 atom stereocenters. The first-order chi connectivity index (χ1) is 12.1. The number of nitro groups is 1. The summed E-state index contributed by atoms with van der Waals surface area (Å²) in [6.45, 7) is 0.360. The summed E-state index contributed by atoms with van der Waals surface area (Å²) in [7, 11) is 0. The summed E-state index contributed by atoms with van der Waals surface area (Å²) in [5.41, 5.74) is 0.799. The van der Waals surface area contributed by atoms with Gasteiger partial charge in [0.05, 0.1) is 23.3 Å². The van der Waals surface area contributed by atoms with Gasteiger partial charge in [-0.25, -0.2) is 0 Å². The monoisotopic (exact) mass is 377 g/mol. The summed E-state index contributed by atoms with van der Waals surface area (Å²) in [6.07, 6.45) is 0. The lowest BCUT2D eigenvalue weighted by atomic mass is 10.3. The van der Waals surface area contributed by atoms with Gasteiger partial charge in [0.1, 0.15) is 5.75 Å². The smallest absolute Gasteiger partial charge is 0.273 e. The third-order valence-corrected chi connectivity index (χ3v) is 4.26. The molecule has 0 bridgehead atoms. The fourth-order valence-corrected chi connectivity index (χ4v) is 2.83. The van der Waals surface area contributed by atoms with Crippen LogP contribution in [0.2, 0.25) is 5.02 Å². The molecule has 0 aliphatic carbocycles. The van der Waals surface area contributed by atoms with Crippen molar-refractivity contribution in [1.82, 2.24) is 20.2 Å². The number of aromatic nitrogens is 4. The Kier molecular flexibility index (Phi) is 5.46. The molecule has 0 amide bonds. The third-order valence-electron chi connectivity index (χ3n) is 3.12. The van der Waals surface area contributed by atoms with E-state index in [9.17, 15) is 10.1 Å². The van der Waals surface area contributed by atoms with E-state index in [1.807, 2.05) is 12.1 Å². The molecule has 3 rings (SSSR count). The Bertz CT molecular complexity index is 872. The first kappa shape index (κ1) is 17.2. The second-order valence-electron chi connectivity index (χ2n) is 4.80. The van der Waals surface area contributed by atoms with E-state index in [4.69, 9.17) is 16.3 Å². The summed E-state index contributed by atoms with van der Waals surface area (Å²) in [4.78, 5) is 10.3. The lowest BCUT2D eigenvalue weighted by Crippen LogP contribution is -2.03. The number of benzene rings is 2. The highest BCUT2D eigenvalue weighted by Gasteiger charge is 2.10. The number of non-ortho nitro benzene ring substituents is 1. The van der Waals surface area contributed by atoms with Crippen LogP contribution in [0.15, 0.2) is 53.7 Å². The van der Waals surface area contributed by atoms with Crippen molar-refractivity contribution >= 4 is 29.1 Å². The number of halogens is 1. The Morgan fingerprint density at radius 2 is 2.04 bits per heavy atom. The number of nitro benzene ring substituents is 1. The number of thioether (sulfide) groups is 1.